The van der Waals surface area contributed by atoms with Gasteiger partial charge in [-0.3, -0.25) is 9.69 Å². The van der Waals surface area contributed by atoms with Gasteiger partial charge in [0.2, 0.25) is 26.0 Å². The third-order valence-corrected chi connectivity index (χ3v) is 9.44. The highest BCUT2D eigenvalue weighted by molar-refractivity contribution is 7.89. The summed E-state index contributed by atoms with van der Waals surface area (Å²) >= 11 is 0. The summed E-state index contributed by atoms with van der Waals surface area (Å²) in [6, 6.07) is 4.85. The third-order valence-electron chi connectivity index (χ3n) is 5.52. The van der Waals surface area contributed by atoms with Crippen molar-refractivity contribution >= 4 is 31.6 Å². The van der Waals surface area contributed by atoms with Gasteiger partial charge in [-0.15, -0.1) is 0 Å². The van der Waals surface area contributed by atoms with Crippen LogP contribution in [0.5, 0.6) is 0 Å². The molecule has 1 aromatic rings. The Labute approximate surface area is 184 Å². The number of rotatable bonds is 7. The van der Waals surface area contributed by atoms with E-state index < -0.39 is 20.0 Å². The van der Waals surface area contributed by atoms with E-state index in [9.17, 15) is 21.6 Å². The number of benzene rings is 1. The quantitative estimate of drug-likeness (QED) is 0.588. The topological polar surface area (TPSA) is 116 Å². The molecule has 0 aliphatic carbocycles. The molecule has 0 spiro atoms. The highest BCUT2D eigenvalue weighted by Crippen LogP contribution is 2.24. The second-order valence-corrected chi connectivity index (χ2v) is 11.8. The van der Waals surface area contributed by atoms with E-state index in [0.717, 1.165) is 0 Å². The van der Waals surface area contributed by atoms with E-state index in [1.54, 1.807) is 26.0 Å². The number of nitrogens with zero attached hydrogens (tertiary/aromatic N) is 3. The average Bonchev–Trinajstić information content (AvgIpc) is 2.76. The first kappa shape index (κ1) is 24.1. The molecule has 0 saturated carbocycles. The van der Waals surface area contributed by atoms with Gasteiger partial charge in [-0.05, 0) is 31.5 Å². The number of hydrogen-bond acceptors (Lipinski definition) is 7. The molecule has 3 rings (SSSR count). The Bertz CT molecular complexity index is 998. The molecule has 2 fully saturated rings. The van der Waals surface area contributed by atoms with E-state index in [4.69, 9.17) is 4.74 Å². The van der Waals surface area contributed by atoms with Crippen LogP contribution in [0.15, 0.2) is 23.1 Å². The fourth-order valence-corrected chi connectivity index (χ4v) is 6.38. The second-order valence-electron chi connectivity index (χ2n) is 7.62. The summed E-state index contributed by atoms with van der Waals surface area (Å²) in [5.74, 6) is -0.207. The molecule has 1 aromatic carbocycles. The summed E-state index contributed by atoms with van der Waals surface area (Å²) in [4.78, 5) is 14.6. The van der Waals surface area contributed by atoms with Gasteiger partial charge in [-0.1, -0.05) is 6.07 Å². The molecule has 12 heteroatoms. The minimum atomic E-state index is -3.67. The number of carbonyl (C=O) groups excluding carboxylic acids is 1. The van der Waals surface area contributed by atoms with Crippen molar-refractivity contribution in [2.24, 2.45) is 0 Å². The summed E-state index contributed by atoms with van der Waals surface area (Å²) in [6.45, 7) is 6.44. The zero-order valence-corrected chi connectivity index (χ0v) is 19.5. The van der Waals surface area contributed by atoms with E-state index in [-0.39, 0.29) is 23.1 Å². The Kier molecular flexibility index (Phi) is 7.71. The standard InChI is InChI=1S/C19H30N4O6S2/c1-3-30(25,26)22-8-6-21(7-9-22)15-19(24)20-17-5-4-16(2)18(14-17)31(27,28)23-10-12-29-13-11-23/h4-5,14H,3,6-13,15H2,1-2H3,(H,20,24). The molecule has 0 radical (unpaired) electrons. The lowest BCUT2D eigenvalue weighted by Crippen LogP contribution is -2.50. The van der Waals surface area contributed by atoms with Crippen LogP contribution in [-0.2, 0) is 29.6 Å². The molecule has 2 saturated heterocycles. The first-order valence-corrected chi connectivity index (χ1v) is 13.4. The summed E-state index contributed by atoms with van der Waals surface area (Å²) in [5.41, 5.74) is 1.02. The number of morpholine rings is 1. The number of amides is 1. The fourth-order valence-electron chi connectivity index (χ4n) is 3.63. The average molecular weight is 475 g/mol. The van der Waals surface area contributed by atoms with Crippen LogP contribution >= 0.6 is 0 Å². The van der Waals surface area contributed by atoms with Crippen molar-refractivity contribution in [3.05, 3.63) is 23.8 Å². The monoisotopic (exact) mass is 474 g/mol. The molecule has 31 heavy (non-hydrogen) atoms. The van der Waals surface area contributed by atoms with Crippen molar-refractivity contribution in [1.82, 2.24) is 13.5 Å². The number of sulfonamides is 2. The van der Waals surface area contributed by atoms with Crippen LogP contribution in [0.2, 0.25) is 0 Å². The molecule has 1 amide bonds. The number of nitrogens with one attached hydrogen (secondary N) is 1. The van der Waals surface area contributed by atoms with Crippen molar-refractivity contribution in [3.8, 4) is 0 Å². The molecule has 0 atom stereocenters. The van der Waals surface area contributed by atoms with Gasteiger partial charge >= 0.3 is 0 Å². The lowest BCUT2D eigenvalue weighted by Gasteiger charge is -2.33. The number of ether oxygens (including phenoxy) is 1. The highest BCUT2D eigenvalue weighted by atomic mass is 32.2. The number of aryl methyl sites for hydroxylation is 1. The van der Waals surface area contributed by atoms with Crippen LogP contribution in [-0.4, -0.2) is 101 Å². The molecule has 2 aliphatic rings. The van der Waals surface area contributed by atoms with Crippen molar-refractivity contribution in [2.75, 3.05) is 70.1 Å². The van der Waals surface area contributed by atoms with Crippen LogP contribution in [0.1, 0.15) is 12.5 Å². The maximum absolute atomic E-state index is 13.0. The van der Waals surface area contributed by atoms with E-state index in [0.29, 0.717) is 63.7 Å². The summed E-state index contributed by atoms with van der Waals surface area (Å²) < 4.78 is 58.0. The third kappa shape index (κ3) is 5.82. The largest absolute Gasteiger partial charge is 0.379 e. The molecular weight excluding hydrogens is 444 g/mol. The highest BCUT2D eigenvalue weighted by Gasteiger charge is 2.29. The molecule has 2 heterocycles. The van der Waals surface area contributed by atoms with E-state index in [2.05, 4.69) is 5.32 Å². The van der Waals surface area contributed by atoms with Crippen molar-refractivity contribution in [2.45, 2.75) is 18.7 Å². The van der Waals surface area contributed by atoms with Crippen LogP contribution < -0.4 is 5.32 Å². The minimum absolute atomic E-state index is 0.0661. The van der Waals surface area contributed by atoms with Crippen LogP contribution in [0.4, 0.5) is 5.69 Å². The maximum Gasteiger partial charge on any atom is 0.243 e. The second kappa shape index (κ2) is 9.92. The molecule has 0 bridgehead atoms. The lowest BCUT2D eigenvalue weighted by molar-refractivity contribution is -0.117. The normalized spacial score (nSPS) is 19.9. The summed E-state index contributed by atoms with van der Waals surface area (Å²) in [5, 5.41) is 2.76. The molecular formula is C19H30N4O6S2. The SMILES string of the molecule is CCS(=O)(=O)N1CCN(CC(=O)Nc2ccc(C)c(S(=O)(=O)N3CCOCC3)c2)CC1. The zero-order valence-electron chi connectivity index (χ0n) is 17.9. The van der Waals surface area contributed by atoms with Gasteiger partial charge in [0.1, 0.15) is 0 Å². The smallest absolute Gasteiger partial charge is 0.243 e. The Morgan fingerprint density at radius 2 is 1.65 bits per heavy atom. The molecule has 10 nitrogen and oxygen atoms in total. The summed E-state index contributed by atoms with van der Waals surface area (Å²) in [6.07, 6.45) is 0. The van der Waals surface area contributed by atoms with Gasteiger partial charge < -0.3 is 10.1 Å². The van der Waals surface area contributed by atoms with E-state index >= 15 is 0 Å². The number of carbonyl (C=O) groups is 1. The van der Waals surface area contributed by atoms with Crippen LogP contribution in [0.25, 0.3) is 0 Å². The van der Waals surface area contributed by atoms with Gasteiger partial charge in [-0.25, -0.2) is 16.8 Å². The molecule has 2 aliphatic heterocycles. The molecule has 1 N–H and O–H groups in total. The maximum atomic E-state index is 13.0. The number of piperazine rings is 1. The van der Waals surface area contributed by atoms with Gasteiger partial charge in [0.05, 0.1) is 30.4 Å². The van der Waals surface area contributed by atoms with Gasteiger partial charge in [-0.2, -0.15) is 8.61 Å². The van der Waals surface area contributed by atoms with Crippen molar-refractivity contribution in [1.29, 1.82) is 0 Å². The summed E-state index contributed by atoms with van der Waals surface area (Å²) in [7, 11) is -6.89. The number of anilines is 1. The van der Waals surface area contributed by atoms with Crippen LogP contribution in [0, 0.1) is 6.92 Å². The number of hydrogen-bond donors (Lipinski definition) is 1. The fraction of sp³-hybridized carbons (Fsp3) is 0.632. The van der Waals surface area contributed by atoms with Crippen LogP contribution in [0.3, 0.4) is 0 Å². The van der Waals surface area contributed by atoms with Gasteiger partial charge in [0, 0.05) is 45.0 Å². The van der Waals surface area contributed by atoms with Gasteiger partial charge in [0.15, 0.2) is 0 Å². The molecule has 174 valence electrons. The predicted octanol–water partition coefficient (Wildman–Crippen LogP) is -0.0783. The lowest BCUT2D eigenvalue weighted by atomic mass is 10.2. The Morgan fingerprint density at radius 3 is 2.26 bits per heavy atom. The van der Waals surface area contributed by atoms with E-state index in [1.807, 2.05) is 4.90 Å². The predicted molar refractivity (Wildman–Crippen MR) is 117 cm³/mol. The Morgan fingerprint density at radius 1 is 1.00 bits per heavy atom. The molecule has 0 aromatic heterocycles. The van der Waals surface area contributed by atoms with E-state index in [1.165, 1.54) is 14.7 Å². The Hall–Kier alpha value is -1.57. The first-order chi connectivity index (χ1) is 14.6. The van der Waals surface area contributed by atoms with Gasteiger partial charge in [0.25, 0.3) is 0 Å². The molecule has 0 unspecified atom stereocenters. The first-order valence-electron chi connectivity index (χ1n) is 10.3. The van der Waals surface area contributed by atoms with Crippen molar-refractivity contribution in [3.63, 3.8) is 0 Å². The zero-order chi connectivity index (χ0) is 22.6. The van der Waals surface area contributed by atoms with Crippen molar-refractivity contribution < 1.29 is 26.4 Å². The Balaban J connectivity index is 1.62. The minimum Gasteiger partial charge on any atom is -0.379 e.